The van der Waals surface area contributed by atoms with Crippen LogP contribution in [-0.4, -0.2) is 26.2 Å². The minimum absolute atomic E-state index is 0.546. The molecule has 5 heteroatoms. The Morgan fingerprint density at radius 3 is 2.47 bits per heavy atom. The third-order valence-corrected chi connectivity index (χ3v) is 3.38. The van der Waals surface area contributed by atoms with Crippen LogP contribution in [0.15, 0.2) is 18.2 Å². The number of piperazine rings is 1. The molecule has 1 saturated heterocycles. The summed E-state index contributed by atoms with van der Waals surface area (Å²) in [5.41, 5.74) is 1.21. The molecule has 1 aromatic rings. The number of halogens is 3. The Labute approximate surface area is 111 Å². The summed E-state index contributed by atoms with van der Waals surface area (Å²) in [5.74, 6) is 0. The molecule has 0 saturated carbocycles. The zero-order valence-electron chi connectivity index (χ0n) is 11.1. The number of anilines is 1. The summed E-state index contributed by atoms with van der Waals surface area (Å²) in [5, 5.41) is 3.25. The highest BCUT2D eigenvalue weighted by Crippen LogP contribution is 2.33. The maximum atomic E-state index is 12.8. The number of benzene rings is 1. The molecule has 1 aromatic carbocycles. The lowest BCUT2D eigenvalue weighted by Gasteiger charge is -2.31. The van der Waals surface area contributed by atoms with Gasteiger partial charge in [0.1, 0.15) is 0 Å². The first kappa shape index (κ1) is 14.2. The molecule has 0 aliphatic carbocycles. The lowest BCUT2D eigenvalue weighted by Crippen LogP contribution is -2.43. The van der Waals surface area contributed by atoms with Gasteiger partial charge in [-0.05, 0) is 30.2 Å². The van der Waals surface area contributed by atoms with E-state index in [1.54, 1.807) is 6.07 Å². The van der Waals surface area contributed by atoms with E-state index in [1.165, 1.54) is 12.1 Å². The minimum atomic E-state index is -4.26. The van der Waals surface area contributed by atoms with Crippen LogP contribution in [0.1, 0.15) is 24.5 Å². The van der Waals surface area contributed by atoms with E-state index in [2.05, 4.69) is 10.2 Å². The van der Waals surface area contributed by atoms with Crippen LogP contribution in [0.3, 0.4) is 0 Å². The van der Waals surface area contributed by atoms with Crippen molar-refractivity contribution in [3.05, 3.63) is 29.3 Å². The molecule has 1 N–H and O–H groups in total. The molecule has 0 radical (unpaired) electrons. The van der Waals surface area contributed by atoms with Gasteiger partial charge in [0.15, 0.2) is 0 Å². The van der Waals surface area contributed by atoms with Gasteiger partial charge < -0.3 is 10.2 Å². The van der Waals surface area contributed by atoms with Crippen LogP contribution in [-0.2, 0) is 12.6 Å². The second kappa shape index (κ2) is 5.82. The highest BCUT2D eigenvalue weighted by atomic mass is 19.4. The number of alkyl halides is 3. The molecule has 2 rings (SSSR count). The van der Waals surface area contributed by atoms with E-state index in [0.717, 1.165) is 43.9 Å². The number of rotatable bonds is 3. The normalized spacial score (nSPS) is 16.7. The van der Waals surface area contributed by atoms with Crippen molar-refractivity contribution in [3.63, 3.8) is 0 Å². The molecular formula is C14H19F3N2. The summed E-state index contributed by atoms with van der Waals surface area (Å²) in [6, 6.07) is 4.12. The van der Waals surface area contributed by atoms with E-state index in [1.807, 2.05) is 6.92 Å². The molecule has 0 bridgehead atoms. The molecule has 0 aromatic heterocycles. The Kier molecular flexibility index (Phi) is 4.34. The topological polar surface area (TPSA) is 15.3 Å². The van der Waals surface area contributed by atoms with Gasteiger partial charge in [-0.1, -0.05) is 13.3 Å². The van der Waals surface area contributed by atoms with Crippen LogP contribution in [0, 0.1) is 0 Å². The first-order valence-electron chi connectivity index (χ1n) is 6.68. The molecule has 1 aliphatic rings. The molecule has 0 atom stereocenters. The first-order valence-corrected chi connectivity index (χ1v) is 6.68. The minimum Gasteiger partial charge on any atom is -0.369 e. The third-order valence-electron chi connectivity index (χ3n) is 3.38. The molecule has 19 heavy (non-hydrogen) atoms. The standard InChI is InChI=1S/C14H19F3N2/c1-2-3-11-10-12(14(15,16)17)4-5-13(11)19-8-6-18-7-9-19/h4-5,10,18H,2-3,6-9H2,1H3. The SMILES string of the molecule is CCCc1cc(C(F)(F)F)ccc1N1CCNCC1. The van der Waals surface area contributed by atoms with Crippen molar-refractivity contribution in [1.29, 1.82) is 0 Å². The van der Waals surface area contributed by atoms with Gasteiger partial charge in [-0.3, -0.25) is 0 Å². The lowest BCUT2D eigenvalue weighted by atomic mass is 10.0. The Hall–Kier alpha value is -1.23. The Bertz CT molecular complexity index is 423. The van der Waals surface area contributed by atoms with Crippen molar-refractivity contribution in [1.82, 2.24) is 5.32 Å². The maximum absolute atomic E-state index is 12.8. The molecule has 0 unspecified atom stereocenters. The maximum Gasteiger partial charge on any atom is 0.416 e. The number of nitrogens with one attached hydrogen (secondary N) is 1. The summed E-state index contributed by atoms with van der Waals surface area (Å²) in [4.78, 5) is 2.17. The van der Waals surface area contributed by atoms with Gasteiger partial charge in [-0.15, -0.1) is 0 Å². The number of aryl methyl sites for hydroxylation is 1. The van der Waals surface area contributed by atoms with Gasteiger partial charge in [-0.25, -0.2) is 0 Å². The van der Waals surface area contributed by atoms with Crippen LogP contribution in [0.5, 0.6) is 0 Å². The van der Waals surface area contributed by atoms with Crippen molar-refractivity contribution in [2.75, 3.05) is 31.1 Å². The van der Waals surface area contributed by atoms with Gasteiger partial charge >= 0.3 is 6.18 Å². The molecule has 0 spiro atoms. The highest BCUT2D eigenvalue weighted by molar-refractivity contribution is 5.56. The van der Waals surface area contributed by atoms with Crippen molar-refractivity contribution in [3.8, 4) is 0 Å². The first-order chi connectivity index (χ1) is 9.02. The van der Waals surface area contributed by atoms with E-state index >= 15 is 0 Å². The number of hydrogen-bond donors (Lipinski definition) is 1. The van der Waals surface area contributed by atoms with Crippen molar-refractivity contribution < 1.29 is 13.2 Å². The summed E-state index contributed by atoms with van der Waals surface area (Å²) in [6.07, 6.45) is -2.73. The van der Waals surface area contributed by atoms with E-state index in [0.29, 0.717) is 6.42 Å². The molecule has 2 nitrogen and oxygen atoms in total. The number of hydrogen-bond acceptors (Lipinski definition) is 2. The van der Waals surface area contributed by atoms with E-state index in [-0.39, 0.29) is 0 Å². The van der Waals surface area contributed by atoms with Gasteiger partial charge in [0.25, 0.3) is 0 Å². The van der Waals surface area contributed by atoms with Gasteiger partial charge in [-0.2, -0.15) is 13.2 Å². The van der Waals surface area contributed by atoms with E-state index in [9.17, 15) is 13.2 Å². The second-order valence-electron chi connectivity index (χ2n) is 4.83. The summed E-state index contributed by atoms with van der Waals surface area (Å²) >= 11 is 0. The zero-order valence-corrected chi connectivity index (χ0v) is 11.1. The van der Waals surface area contributed by atoms with Crippen LogP contribution >= 0.6 is 0 Å². The molecule has 1 aliphatic heterocycles. The fraction of sp³-hybridized carbons (Fsp3) is 0.571. The molecule has 1 fully saturated rings. The van der Waals surface area contributed by atoms with E-state index in [4.69, 9.17) is 0 Å². The van der Waals surface area contributed by atoms with Crippen molar-refractivity contribution in [2.24, 2.45) is 0 Å². The second-order valence-corrected chi connectivity index (χ2v) is 4.83. The predicted octanol–water partition coefficient (Wildman–Crippen LogP) is 3.07. The fourth-order valence-corrected chi connectivity index (χ4v) is 2.45. The van der Waals surface area contributed by atoms with Crippen molar-refractivity contribution in [2.45, 2.75) is 25.9 Å². The number of nitrogens with zero attached hydrogens (tertiary/aromatic N) is 1. The fourth-order valence-electron chi connectivity index (χ4n) is 2.45. The van der Waals surface area contributed by atoms with Crippen molar-refractivity contribution >= 4 is 5.69 Å². The largest absolute Gasteiger partial charge is 0.416 e. The zero-order chi connectivity index (χ0) is 13.9. The Balaban J connectivity index is 2.31. The van der Waals surface area contributed by atoms with Gasteiger partial charge in [0.05, 0.1) is 5.56 Å². The summed E-state index contributed by atoms with van der Waals surface area (Å²) in [6.45, 7) is 5.45. The average Bonchev–Trinajstić information content (AvgIpc) is 2.39. The monoisotopic (exact) mass is 272 g/mol. The quantitative estimate of drug-likeness (QED) is 0.909. The molecule has 106 valence electrons. The Morgan fingerprint density at radius 2 is 1.89 bits per heavy atom. The molecule has 0 amide bonds. The summed E-state index contributed by atoms with van der Waals surface area (Å²) < 4.78 is 38.3. The molecular weight excluding hydrogens is 253 g/mol. The Morgan fingerprint density at radius 1 is 1.21 bits per heavy atom. The van der Waals surface area contributed by atoms with Crippen LogP contribution < -0.4 is 10.2 Å². The average molecular weight is 272 g/mol. The van der Waals surface area contributed by atoms with E-state index < -0.39 is 11.7 Å². The summed E-state index contributed by atoms with van der Waals surface area (Å²) in [7, 11) is 0. The smallest absolute Gasteiger partial charge is 0.369 e. The van der Waals surface area contributed by atoms with Gasteiger partial charge in [0.2, 0.25) is 0 Å². The lowest BCUT2D eigenvalue weighted by molar-refractivity contribution is -0.137. The predicted molar refractivity (Wildman–Crippen MR) is 70.5 cm³/mol. The van der Waals surface area contributed by atoms with Gasteiger partial charge in [0, 0.05) is 31.9 Å². The van der Waals surface area contributed by atoms with Crippen LogP contribution in [0.2, 0.25) is 0 Å². The molecule has 1 heterocycles. The van der Waals surface area contributed by atoms with Crippen LogP contribution in [0.25, 0.3) is 0 Å². The highest BCUT2D eigenvalue weighted by Gasteiger charge is 2.31. The third kappa shape index (κ3) is 3.41. The van der Waals surface area contributed by atoms with Crippen LogP contribution in [0.4, 0.5) is 18.9 Å².